The van der Waals surface area contributed by atoms with Crippen molar-refractivity contribution in [3.8, 4) is 17.2 Å². The number of hydrogen-bond donors (Lipinski definition) is 3. The molecule has 12 heteroatoms. The molecule has 12 nitrogen and oxygen atoms in total. The third-order valence-electron chi connectivity index (χ3n) is 6.89. The fourth-order valence-corrected chi connectivity index (χ4v) is 4.99. The van der Waals surface area contributed by atoms with Gasteiger partial charge < -0.3 is 39.0 Å². The Morgan fingerprint density at radius 3 is 1.79 bits per heavy atom. The fraction of sp³-hybridized carbons (Fsp3) is 0.400. The zero-order valence-corrected chi connectivity index (χ0v) is 23.4. The van der Waals surface area contributed by atoms with Crippen LogP contribution in [-0.4, -0.2) is 72.4 Å². The van der Waals surface area contributed by atoms with E-state index in [1.165, 1.54) is 6.92 Å². The Balaban J connectivity index is 1.87. The van der Waals surface area contributed by atoms with Gasteiger partial charge in [-0.25, -0.2) is 0 Å². The molecule has 42 heavy (non-hydrogen) atoms. The third-order valence-corrected chi connectivity index (χ3v) is 6.89. The minimum absolute atomic E-state index is 0.313. The molecule has 2 aromatic rings. The summed E-state index contributed by atoms with van der Waals surface area (Å²) in [5, 5.41) is 28.7. The van der Waals surface area contributed by atoms with E-state index in [1.807, 2.05) is 24.3 Å². The van der Waals surface area contributed by atoms with Crippen LogP contribution in [0.25, 0.3) is 12.2 Å². The molecular formula is C30H34O12. The molecule has 0 amide bonds. The summed E-state index contributed by atoms with van der Waals surface area (Å²) in [6.45, 7) is 0.827. The maximum absolute atomic E-state index is 11.8. The normalized spacial score (nSPS) is 21.8. The average Bonchev–Trinajstić information content (AvgIpc) is 2.93. The highest BCUT2D eigenvalue weighted by Crippen LogP contribution is 2.42. The van der Waals surface area contributed by atoms with E-state index in [0.29, 0.717) is 17.2 Å². The zero-order valence-electron chi connectivity index (χ0n) is 23.4. The molecule has 1 aliphatic heterocycles. The molecule has 2 aromatic carbocycles. The number of carboxylic acids is 3. The van der Waals surface area contributed by atoms with Gasteiger partial charge >= 0.3 is 23.9 Å². The van der Waals surface area contributed by atoms with Crippen molar-refractivity contribution in [3.05, 3.63) is 53.6 Å². The van der Waals surface area contributed by atoms with Gasteiger partial charge in [0.15, 0.2) is 0 Å². The molecule has 5 atom stereocenters. The highest BCUT2D eigenvalue weighted by atomic mass is 16.7. The summed E-state index contributed by atoms with van der Waals surface area (Å²) in [6.07, 6.45) is -0.109. The minimum atomic E-state index is -1.25. The van der Waals surface area contributed by atoms with Gasteiger partial charge in [-0.15, -0.1) is 0 Å². The Morgan fingerprint density at radius 2 is 1.26 bits per heavy atom. The summed E-state index contributed by atoms with van der Waals surface area (Å²) in [4.78, 5) is 46.7. The average molecular weight is 587 g/mol. The van der Waals surface area contributed by atoms with E-state index in [9.17, 15) is 34.5 Å². The maximum Gasteiger partial charge on any atom is 0.303 e. The largest absolute Gasteiger partial charge is 0.497 e. The first kappa shape index (κ1) is 31.9. The van der Waals surface area contributed by atoms with E-state index in [0.717, 1.165) is 11.1 Å². The van der Waals surface area contributed by atoms with Crippen LogP contribution in [0.3, 0.4) is 0 Å². The number of benzene rings is 2. The van der Waals surface area contributed by atoms with Crippen LogP contribution >= 0.6 is 0 Å². The van der Waals surface area contributed by atoms with E-state index in [2.05, 4.69) is 0 Å². The molecule has 1 heterocycles. The zero-order chi connectivity index (χ0) is 30.8. The van der Waals surface area contributed by atoms with Crippen molar-refractivity contribution in [2.24, 2.45) is 17.8 Å². The number of hydrogen-bond acceptors (Lipinski definition) is 9. The van der Waals surface area contributed by atoms with Gasteiger partial charge in [0.1, 0.15) is 23.9 Å². The van der Waals surface area contributed by atoms with Gasteiger partial charge in [0, 0.05) is 31.2 Å². The Bertz CT molecular complexity index is 1260. The summed E-state index contributed by atoms with van der Waals surface area (Å²) in [6, 6.07) is 12.3. The molecule has 0 spiro atoms. The van der Waals surface area contributed by atoms with E-state index >= 15 is 0 Å². The number of ether oxygens (including phenoxy) is 5. The first-order valence-corrected chi connectivity index (χ1v) is 13.1. The van der Waals surface area contributed by atoms with Crippen molar-refractivity contribution in [2.45, 2.75) is 38.6 Å². The highest BCUT2D eigenvalue weighted by Gasteiger charge is 2.49. The van der Waals surface area contributed by atoms with Crippen LogP contribution in [0, 0.1) is 17.8 Å². The predicted octanol–water partition coefficient (Wildman–Crippen LogP) is 3.81. The van der Waals surface area contributed by atoms with Gasteiger partial charge in [-0.2, -0.15) is 0 Å². The molecule has 0 saturated carbocycles. The van der Waals surface area contributed by atoms with Crippen LogP contribution in [0.15, 0.2) is 42.5 Å². The maximum atomic E-state index is 11.8. The van der Waals surface area contributed by atoms with Crippen LogP contribution in [0.4, 0.5) is 0 Å². The first-order valence-electron chi connectivity index (χ1n) is 13.1. The number of rotatable bonds is 14. The summed E-state index contributed by atoms with van der Waals surface area (Å²) in [5.41, 5.74) is 1.66. The van der Waals surface area contributed by atoms with Gasteiger partial charge in [0.05, 0.1) is 33.2 Å². The summed E-state index contributed by atoms with van der Waals surface area (Å²) in [5.74, 6) is -5.62. The van der Waals surface area contributed by atoms with Crippen LogP contribution in [0.2, 0.25) is 0 Å². The Hall–Kier alpha value is -4.58. The quantitative estimate of drug-likeness (QED) is 0.216. The van der Waals surface area contributed by atoms with Gasteiger partial charge in [-0.05, 0) is 41.3 Å². The predicted molar refractivity (Wildman–Crippen MR) is 148 cm³/mol. The van der Waals surface area contributed by atoms with E-state index in [-0.39, 0.29) is 6.61 Å². The summed E-state index contributed by atoms with van der Waals surface area (Å²) < 4.78 is 27.7. The molecule has 0 radical (unpaired) electrons. The van der Waals surface area contributed by atoms with E-state index in [4.69, 9.17) is 23.7 Å². The molecule has 0 aliphatic carbocycles. The van der Waals surface area contributed by atoms with Crippen LogP contribution in [-0.2, 0) is 28.7 Å². The number of aliphatic carboxylic acids is 3. The second-order valence-electron chi connectivity index (χ2n) is 9.80. The lowest BCUT2D eigenvalue weighted by atomic mass is 9.71. The van der Waals surface area contributed by atoms with Gasteiger partial charge in [-0.1, -0.05) is 24.3 Å². The van der Waals surface area contributed by atoms with Crippen molar-refractivity contribution in [2.75, 3.05) is 20.8 Å². The lowest BCUT2D eigenvalue weighted by Crippen LogP contribution is -2.53. The molecule has 226 valence electrons. The number of carbonyl (C=O) groups excluding carboxylic acids is 1. The molecule has 1 fully saturated rings. The molecule has 5 unspecified atom stereocenters. The highest BCUT2D eigenvalue weighted by molar-refractivity contribution is 5.72. The summed E-state index contributed by atoms with van der Waals surface area (Å²) in [7, 11) is 3.12. The van der Waals surface area contributed by atoms with Gasteiger partial charge in [0.2, 0.25) is 6.29 Å². The van der Waals surface area contributed by atoms with Gasteiger partial charge in [-0.3, -0.25) is 19.2 Å². The lowest BCUT2D eigenvalue weighted by Gasteiger charge is -2.45. The standard InChI is InChI=1S/C30H34O12/c1-17(31)40-16-26-24(14-28(34)35)23(13-27(32)33)25(15-29(36)37)30(42-26)41-20-8-6-18(7-9-20)4-5-19-10-21(38-2)12-22(11-19)39-3/h4-12,23-26,30H,13-16H2,1-3H3,(H,32,33)(H,34,35)(H,36,37). The van der Waals surface area contributed by atoms with Crippen LogP contribution in [0.5, 0.6) is 17.2 Å². The van der Waals surface area contributed by atoms with E-state index < -0.39 is 73.3 Å². The molecule has 1 saturated heterocycles. The van der Waals surface area contributed by atoms with Crippen molar-refractivity contribution < 1.29 is 58.2 Å². The smallest absolute Gasteiger partial charge is 0.303 e. The second kappa shape index (κ2) is 14.9. The lowest BCUT2D eigenvalue weighted by molar-refractivity contribution is -0.237. The number of methoxy groups -OCH3 is 2. The number of esters is 1. The van der Waals surface area contributed by atoms with Crippen molar-refractivity contribution in [1.82, 2.24) is 0 Å². The van der Waals surface area contributed by atoms with Gasteiger partial charge in [0.25, 0.3) is 0 Å². The molecule has 3 rings (SSSR count). The SMILES string of the molecule is COc1cc(C=Cc2ccc(OC3OC(COC(C)=O)C(CC(=O)O)C(CC(=O)O)C3CC(=O)O)cc2)cc(OC)c1. The third kappa shape index (κ3) is 9.23. The van der Waals surface area contributed by atoms with Crippen LogP contribution in [0.1, 0.15) is 37.3 Å². The number of carbonyl (C=O) groups is 4. The second-order valence-corrected chi connectivity index (χ2v) is 9.80. The Morgan fingerprint density at radius 1 is 0.738 bits per heavy atom. The minimum Gasteiger partial charge on any atom is -0.497 e. The van der Waals surface area contributed by atoms with Crippen molar-refractivity contribution >= 4 is 36.0 Å². The molecular weight excluding hydrogens is 552 g/mol. The molecule has 0 bridgehead atoms. The van der Waals surface area contributed by atoms with Crippen molar-refractivity contribution in [1.29, 1.82) is 0 Å². The van der Waals surface area contributed by atoms with Crippen molar-refractivity contribution in [3.63, 3.8) is 0 Å². The Kier molecular flexibility index (Phi) is 11.3. The molecule has 3 N–H and O–H groups in total. The number of carboxylic acid groups (broad SMARTS) is 3. The monoisotopic (exact) mass is 586 g/mol. The summed E-state index contributed by atoms with van der Waals surface area (Å²) >= 11 is 0. The molecule has 0 aromatic heterocycles. The van der Waals surface area contributed by atoms with Crippen LogP contribution < -0.4 is 14.2 Å². The first-order chi connectivity index (χ1) is 20.0. The Labute approximate surface area is 242 Å². The fourth-order valence-electron chi connectivity index (χ4n) is 4.99. The van der Waals surface area contributed by atoms with E-state index in [1.54, 1.807) is 44.6 Å². The molecule has 1 aliphatic rings. The topological polar surface area (TPSA) is 175 Å².